The molecule has 3 nitrogen and oxygen atoms in total. The maximum absolute atomic E-state index is 5.77. The lowest BCUT2D eigenvalue weighted by molar-refractivity contribution is 0.129. The topological polar surface area (TPSA) is 24.5 Å². The summed E-state index contributed by atoms with van der Waals surface area (Å²) >= 11 is 0. The Balaban J connectivity index is 2.89. The molecule has 2 atom stereocenters. The number of nitrogens with zero attached hydrogens (tertiary/aromatic N) is 1. The van der Waals surface area contributed by atoms with Gasteiger partial charge >= 0.3 is 0 Å². The SMILES string of the molecule is CCOc1ccccc1C(CN(C)C(C)C(C)(C)C)NC. The number of hydrogen-bond acceptors (Lipinski definition) is 3. The Bertz CT molecular complexity index is 425. The summed E-state index contributed by atoms with van der Waals surface area (Å²) in [6.45, 7) is 12.8. The van der Waals surface area contributed by atoms with E-state index in [9.17, 15) is 0 Å². The van der Waals surface area contributed by atoms with Gasteiger partial charge < -0.3 is 15.0 Å². The van der Waals surface area contributed by atoms with Crippen LogP contribution in [0.1, 0.15) is 46.2 Å². The molecule has 0 saturated carbocycles. The number of rotatable bonds is 7. The molecule has 0 aliphatic carbocycles. The normalized spacial score (nSPS) is 15.0. The molecule has 0 aliphatic rings. The molecule has 2 unspecified atom stereocenters. The van der Waals surface area contributed by atoms with Gasteiger partial charge in [0, 0.05) is 24.2 Å². The third kappa shape index (κ3) is 5.01. The summed E-state index contributed by atoms with van der Waals surface area (Å²) < 4.78 is 5.77. The van der Waals surface area contributed by atoms with Crippen molar-refractivity contribution in [3.05, 3.63) is 29.8 Å². The van der Waals surface area contributed by atoms with Crippen LogP contribution in [0.3, 0.4) is 0 Å². The van der Waals surface area contributed by atoms with E-state index in [4.69, 9.17) is 4.74 Å². The highest BCUT2D eigenvalue weighted by Gasteiger charge is 2.26. The van der Waals surface area contributed by atoms with E-state index in [0.29, 0.717) is 12.6 Å². The zero-order chi connectivity index (χ0) is 16.0. The Morgan fingerprint density at radius 2 is 1.86 bits per heavy atom. The Kier molecular flexibility index (Phi) is 6.69. The molecule has 0 aromatic heterocycles. The molecule has 0 saturated heterocycles. The van der Waals surface area contributed by atoms with Gasteiger partial charge in [0.25, 0.3) is 0 Å². The molecule has 0 aliphatic heterocycles. The smallest absolute Gasteiger partial charge is 0.124 e. The number of hydrogen-bond donors (Lipinski definition) is 1. The Hall–Kier alpha value is -1.06. The van der Waals surface area contributed by atoms with Crippen molar-refractivity contribution in [1.29, 1.82) is 0 Å². The van der Waals surface area contributed by atoms with Gasteiger partial charge in [-0.3, -0.25) is 0 Å². The van der Waals surface area contributed by atoms with Gasteiger partial charge in [-0.1, -0.05) is 39.0 Å². The molecule has 1 rings (SSSR count). The number of para-hydroxylation sites is 1. The Labute approximate surface area is 130 Å². The van der Waals surface area contributed by atoms with Crippen molar-refractivity contribution in [2.45, 2.75) is 46.7 Å². The minimum Gasteiger partial charge on any atom is -0.494 e. The van der Waals surface area contributed by atoms with Crippen molar-refractivity contribution in [1.82, 2.24) is 10.2 Å². The second-order valence-electron chi connectivity index (χ2n) is 6.79. The van der Waals surface area contributed by atoms with Crippen molar-refractivity contribution in [2.24, 2.45) is 5.41 Å². The Morgan fingerprint density at radius 3 is 2.38 bits per heavy atom. The van der Waals surface area contributed by atoms with E-state index >= 15 is 0 Å². The zero-order valence-electron chi connectivity index (χ0n) is 14.7. The maximum atomic E-state index is 5.77. The third-order valence-electron chi connectivity index (χ3n) is 4.33. The number of likely N-dealkylation sites (N-methyl/N-ethyl adjacent to an activating group) is 2. The first-order valence-electron chi connectivity index (χ1n) is 7.90. The zero-order valence-corrected chi connectivity index (χ0v) is 14.7. The second-order valence-corrected chi connectivity index (χ2v) is 6.79. The van der Waals surface area contributed by atoms with Crippen LogP contribution in [0.5, 0.6) is 5.75 Å². The summed E-state index contributed by atoms with van der Waals surface area (Å²) in [5.41, 5.74) is 1.50. The van der Waals surface area contributed by atoms with Crippen molar-refractivity contribution < 1.29 is 4.74 Å². The number of ether oxygens (including phenoxy) is 1. The maximum Gasteiger partial charge on any atom is 0.124 e. The van der Waals surface area contributed by atoms with Crippen LogP contribution in [-0.2, 0) is 0 Å². The molecular weight excluding hydrogens is 260 g/mol. The fourth-order valence-electron chi connectivity index (χ4n) is 2.51. The fraction of sp³-hybridized carbons (Fsp3) is 0.667. The van der Waals surface area contributed by atoms with E-state index < -0.39 is 0 Å². The molecule has 0 amide bonds. The third-order valence-corrected chi connectivity index (χ3v) is 4.33. The molecule has 0 heterocycles. The summed E-state index contributed by atoms with van der Waals surface area (Å²) in [7, 11) is 4.21. The number of benzene rings is 1. The minimum atomic E-state index is 0.266. The van der Waals surface area contributed by atoms with E-state index in [1.165, 1.54) is 5.56 Å². The van der Waals surface area contributed by atoms with Gasteiger partial charge in [-0.25, -0.2) is 0 Å². The fourth-order valence-corrected chi connectivity index (χ4v) is 2.51. The van der Waals surface area contributed by atoms with Crippen LogP contribution in [0.4, 0.5) is 0 Å². The summed E-state index contributed by atoms with van der Waals surface area (Å²) in [6, 6.07) is 9.09. The quantitative estimate of drug-likeness (QED) is 0.829. The van der Waals surface area contributed by atoms with E-state index in [2.05, 4.69) is 63.2 Å². The standard InChI is InChI=1S/C18H32N2O/c1-8-21-17-12-10-9-11-15(17)16(19-6)13-20(7)14(2)18(3,4)5/h9-12,14,16,19H,8,13H2,1-7H3. The average molecular weight is 292 g/mol. The minimum absolute atomic E-state index is 0.266. The van der Waals surface area contributed by atoms with Crippen LogP contribution in [0.15, 0.2) is 24.3 Å². The second kappa shape index (κ2) is 7.81. The highest BCUT2D eigenvalue weighted by Crippen LogP contribution is 2.28. The van der Waals surface area contributed by atoms with E-state index in [-0.39, 0.29) is 11.5 Å². The van der Waals surface area contributed by atoms with E-state index in [0.717, 1.165) is 12.3 Å². The van der Waals surface area contributed by atoms with Gasteiger partial charge in [-0.05, 0) is 39.4 Å². The summed E-state index contributed by atoms with van der Waals surface area (Å²) in [5, 5.41) is 3.43. The highest BCUT2D eigenvalue weighted by atomic mass is 16.5. The van der Waals surface area contributed by atoms with Crippen molar-refractivity contribution in [3.8, 4) is 5.75 Å². The molecule has 1 N–H and O–H groups in total. The summed E-state index contributed by atoms with van der Waals surface area (Å²) in [4.78, 5) is 2.42. The lowest BCUT2D eigenvalue weighted by Crippen LogP contribution is -2.43. The molecule has 120 valence electrons. The predicted octanol–water partition coefficient (Wildman–Crippen LogP) is 3.71. The van der Waals surface area contributed by atoms with Crippen molar-refractivity contribution >= 4 is 0 Å². The first-order chi connectivity index (χ1) is 9.81. The van der Waals surface area contributed by atoms with E-state index in [1.54, 1.807) is 0 Å². The summed E-state index contributed by atoms with van der Waals surface area (Å²) in [5.74, 6) is 0.983. The molecule has 3 heteroatoms. The van der Waals surface area contributed by atoms with Crippen LogP contribution in [0.25, 0.3) is 0 Å². The lowest BCUT2D eigenvalue weighted by atomic mass is 9.87. The lowest BCUT2D eigenvalue weighted by Gasteiger charge is -2.37. The van der Waals surface area contributed by atoms with Crippen LogP contribution in [-0.4, -0.2) is 38.2 Å². The van der Waals surface area contributed by atoms with Crippen LogP contribution in [0.2, 0.25) is 0 Å². The van der Waals surface area contributed by atoms with Crippen molar-refractivity contribution in [3.63, 3.8) is 0 Å². The van der Waals surface area contributed by atoms with Gasteiger partial charge in [0.1, 0.15) is 5.75 Å². The molecule has 0 radical (unpaired) electrons. The molecular formula is C18H32N2O. The van der Waals surface area contributed by atoms with Gasteiger partial charge in [-0.2, -0.15) is 0 Å². The van der Waals surface area contributed by atoms with Crippen LogP contribution < -0.4 is 10.1 Å². The molecule has 1 aromatic carbocycles. The largest absolute Gasteiger partial charge is 0.494 e. The van der Waals surface area contributed by atoms with Crippen LogP contribution in [0, 0.1) is 5.41 Å². The summed E-state index contributed by atoms with van der Waals surface area (Å²) in [6.07, 6.45) is 0. The molecule has 0 bridgehead atoms. The van der Waals surface area contributed by atoms with Gasteiger partial charge in [0.15, 0.2) is 0 Å². The average Bonchev–Trinajstić information content (AvgIpc) is 2.44. The van der Waals surface area contributed by atoms with Gasteiger partial charge in [-0.15, -0.1) is 0 Å². The van der Waals surface area contributed by atoms with E-state index in [1.807, 2.05) is 20.0 Å². The molecule has 1 aromatic rings. The highest BCUT2D eigenvalue weighted by molar-refractivity contribution is 5.36. The first-order valence-corrected chi connectivity index (χ1v) is 7.90. The first kappa shape index (κ1) is 18.0. The molecule has 0 fully saturated rings. The molecule has 21 heavy (non-hydrogen) atoms. The monoisotopic (exact) mass is 292 g/mol. The molecule has 0 spiro atoms. The van der Waals surface area contributed by atoms with Gasteiger partial charge in [0.2, 0.25) is 0 Å². The number of nitrogens with one attached hydrogen (secondary N) is 1. The Morgan fingerprint density at radius 1 is 1.24 bits per heavy atom. The predicted molar refractivity (Wildman–Crippen MR) is 91.0 cm³/mol. The van der Waals surface area contributed by atoms with Crippen LogP contribution >= 0.6 is 0 Å². The van der Waals surface area contributed by atoms with Crippen molar-refractivity contribution in [2.75, 3.05) is 27.2 Å². The van der Waals surface area contributed by atoms with Gasteiger partial charge in [0.05, 0.1) is 6.61 Å².